The summed E-state index contributed by atoms with van der Waals surface area (Å²) in [4.78, 5) is 0. The summed E-state index contributed by atoms with van der Waals surface area (Å²) in [5.74, 6) is 0.790. The van der Waals surface area contributed by atoms with Gasteiger partial charge in [-0.05, 0) is 24.6 Å². The summed E-state index contributed by atoms with van der Waals surface area (Å²) < 4.78 is 7.18. The van der Waals surface area contributed by atoms with Crippen LogP contribution in [0.1, 0.15) is 12.5 Å². The van der Waals surface area contributed by atoms with Gasteiger partial charge in [0.25, 0.3) is 0 Å². The van der Waals surface area contributed by atoms with Crippen LogP contribution in [0.2, 0.25) is 0 Å². The molecule has 4 nitrogen and oxygen atoms in total. The minimum absolute atomic E-state index is 0.0267. The number of ether oxygens (including phenoxy) is 1. The van der Waals surface area contributed by atoms with Gasteiger partial charge < -0.3 is 9.84 Å². The van der Waals surface area contributed by atoms with Crippen LogP contribution in [0.15, 0.2) is 30.6 Å². The third-order valence-electron chi connectivity index (χ3n) is 2.71. The second kappa shape index (κ2) is 5.01. The first-order valence-corrected chi connectivity index (χ1v) is 5.59. The highest BCUT2D eigenvalue weighted by Gasteiger charge is 2.08. The topological polar surface area (TPSA) is 47.3 Å². The average Bonchev–Trinajstić information content (AvgIpc) is 2.86. The molecule has 0 fully saturated rings. The molecular weight excluding hydrogens is 216 g/mol. The SMILES string of the molecule is CCn1cc(-c2cc(CO)ccc2OC)cn1. The van der Waals surface area contributed by atoms with E-state index in [1.165, 1.54) is 0 Å². The zero-order valence-corrected chi connectivity index (χ0v) is 10.1. The van der Waals surface area contributed by atoms with E-state index in [0.717, 1.165) is 29.0 Å². The number of methoxy groups -OCH3 is 1. The molecule has 0 spiro atoms. The normalized spacial score (nSPS) is 10.5. The molecule has 0 unspecified atom stereocenters. The van der Waals surface area contributed by atoms with Crippen LogP contribution >= 0.6 is 0 Å². The number of aliphatic hydroxyl groups excluding tert-OH is 1. The zero-order chi connectivity index (χ0) is 12.3. The maximum atomic E-state index is 9.16. The van der Waals surface area contributed by atoms with Gasteiger partial charge in [0.05, 0.1) is 19.9 Å². The Kier molecular flexibility index (Phi) is 3.44. The Hall–Kier alpha value is -1.81. The average molecular weight is 232 g/mol. The standard InChI is InChI=1S/C13H16N2O2/c1-3-15-8-11(7-14-15)12-6-10(9-16)4-5-13(12)17-2/h4-8,16H,3,9H2,1-2H3. The molecule has 0 radical (unpaired) electrons. The first kappa shape index (κ1) is 11.7. The van der Waals surface area contributed by atoms with E-state index in [4.69, 9.17) is 9.84 Å². The Balaban J connectivity index is 2.47. The number of rotatable bonds is 4. The first-order valence-electron chi connectivity index (χ1n) is 5.59. The van der Waals surface area contributed by atoms with Gasteiger partial charge in [-0.3, -0.25) is 4.68 Å². The maximum Gasteiger partial charge on any atom is 0.126 e. The molecule has 17 heavy (non-hydrogen) atoms. The number of aromatic nitrogens is 2. The predicted molar refractivity (Wildman–Crippen MR) is 65.8 cm³/mol. The van der Waals surface area contributed by atoms with Crippen molar-refractivity contribution < 1.29 is 9.84 Å². The van der Waals surface area contributed by atoms with Crippen LogP contribution in [-0.2, 0) is 13.2 Å². The summed E-state index contributed by atoms with van der Waals surface area (Å²) in [7, 11) is 1.64. The van der Waals surface area contributed by atoms with E-state index in [9.17, 15) is 0 Å². The lowest BCUT2D eigenvalue weighted by Crippen LogP contribution is -1.92. The molecule has 0 amide bonds. The highest BCUT2D eigenvalue weighted by atomic mass is 16.5. The molecule has 2 rings (SSSR count). The van der Waals surface area contributed by atoms with Gasteiger partial charge in [0, 0.05) is 23.9 Å². The lowest BCUT2D eigenvalue weighted by Gasteiger charge is -2.08. The summed E-state index contributed by atoms with van der Waals surface area (Å²) in [5.41, 5.74) is 2.82. The van der Waals surface area contributed by atoms with Gasteiger partial charge in [0.1, 0.15) is 5.75 Å². The summed E-state index contributed by atoms with van der Waals surface area (Å²) in [6.45, 7) is 2.90. The van der Waals surface area contributed by atoms with Gasteiger partial charge in [-0.15, -0.1) is 0 Å². The molecule has 0 saturated heterocycles. The van der Waals surface area contributed by atoms with Crippen LogP contribution in [0.25, 0.3) is 11.1 Å². The Morgan fingerprint density at radius 1 is 1.41 bits per heavy atom. The molecule has 0 aliphatic carbocycles. The van der Waals surface area contributed by atoms with E-state index in [0.29, 0.717) is 0 Å². The van der Waals surface area contributed by atoms with Crippen molar-refractivity contribution >= 4 is 0 Å². The number of benzene rings is 1. The fourth-order valence-electron chi connectivity index (χ4n) is 1.75. The smallest absolute Gasteiger partial charge is 0.126 e. The molecule has 0 aliphatic heterocycles. The molecular formula is C13H16N2O2. The van der Waals surface area contributed by atoms with Crippen molar-refractivity contribution in [2.45, 2.75) is 20.1 Å². The Morgan fingerprint density at radius 2 is 2.24 bits per heavy atom. The second-order valence-electron chi connectivity index (χ2n) is 3.78. The van der Waals surface area contributed by atoms with Crippen molar-refractivity contribution in [3.05, 3.63) is 36.2 Å². The highest BCUT2D eigenvalue weighted by Crippen LogP contribution is 2.30. The molecule has 1 aromatic carbocycles. The van der Waals surface area contributed by atoms with Crippen LogP contribution in [0, 0.1) is 0 Å². The molecule has 4 heteroatoms. The molecule has 1 aromatic heterocycles. The highest BCUT2D eigenvalue weighted by molar-refractivity contribution is 5.70. The summed E-state index contributed by atoms with van der Waals surface area (Å²) >= 11 is 0. The zero-order valence-electron chi connectivity index (χ0n) is 10.1. The van der Waals surface area contributed by atoms with Gasteiger partial charge in [0.15, 0.2) is 0 Å². The summed E-state index contributed by atoms with van der Waals surface area (Å²) in [6.07, 6.45) is 3.78. The van der Waals surface area contributed by atoms with Crippen LogP contribution in [0.3, 0.4) is 0 Å². The number of hydrogen-bond acceptors (Lipinski definition) is 3. The van der Waals surface area contributed by atoms with Crippen LogP contribution in [0.4, 0.5) is 0 Å². The Bertz CT molecular complexity index is 506. The fraction of sp³-hybridized carbons (Fsp3) is 0.308. The van der Waals surface area contributed by atoms with Gasteiger partial charge in [-0.25, -0.2) is 0 Å². The van der Waals surface area contributed by atoms with Crippen molar-refractivity contribution in [1.29, 1.82) is 0 Å². The van der Waals surface area contributed by atoms with Gasteiger partial charge in [-0.2, -0.15) is 5.10 Å². The van der Waals surface area contributed by atoms with Crippen molar-refractivity contribution in [1.82, 2.24) is 9.78 Å². The number of nitrogens with zero attached hydrogens (tertiary/aromatic N) is 2. The molecule has 2 aromatic rings. The largest absolute Gasteiger partial charge is 0.496 e. The molecule has 1 heterocycles. The van der Waals surface area contributed by atoms with Crippen molar-refractivity contribution in [2.24, 2.45) is 0 Å². The number of aliphatic hydroxyl groups is 1. The van der Waals surface area contributed by atoms with E-state index in [2.05, 4.69) is 5.10 Å². The molecule has 0 saturated carbocycles. The minimum atomic E-state index is 0.0267. The fourth-order valence-corrected chi connectivity index (χ4v) is 1.75. The van der Waals surface area contributed by atoms with Gasteiger partial charge >= 0.3 is 0 Å². The summed E-state index contributed by atoms with van der Waals surface area (Å²) in [5, 5.41) is 13.4. The van der Waals surface area contributed by atoms with E-state index < -0.39 is 0 Å². The van der Waals surface area contributed by atoms with Gasteiger partial charge in [0.2, 0.25) is 0 Å². The molecule has 90 valence electrons. The first-order chi connectivity index (χ1) is 8.28. The van der Waals surface area contributed by atoms with Crippen molar-refractivity contribution in [3.8, 4) is 16.9 Å². The van der Waals surface area contributed by atoms with Gasteiger partial charge in [-0.1, -0.05) is 6.07 Å². The molecule has 1 N–H and O–H groups in total. The Labute approximate surface area is 100 Å². The molecule has 0 bridgehead atoms. The lowest BCUT2D eigenvalue weighted by molar-refractivity contribution is 0.281. The lowest BCUT2D eigenvalue weighted by atomic mass is 10.1. The van der Waals surface area contributed by atoms with Crippen LogP contribution in [0.5, 0.6) is 5.75 Å². The number of aryl methyl sites for hydroxylation is 1. The monoisotopic (exact) mass is 232 g/mol. The third kappa shape index (κ3) is 2.31. The van der Waals surface area contributed by atoms with Crippen LogP contribution < -0.4 is 4.74 Å². The van der Waals surface area contributed by atoms with E-state index in [1.54, 1.807) is 7.11 Å². The Morgan fingerprint density at radius 3 is 2.82 bits per heavy atom. The molecule has 0 aliphatic rings. The van der Waals surface area contributed by atoms with Crippen molar-refractivity contribution in [2.75, 3.05) is 7.11 Å². The number of hydrogen-bond donors (Lipinski definition) is 1. The van der Waals surface area contributed by atoms with E-state index in [-0.39, 0.29) is 6.61 Å². The molecule has 0 atom stereocenters. The maximum absolute atomic E-state index is 9.16. The minimum Gasteiger partial charge on any atom is -0.496 e. The second-order valence-corrected chi connectivity index (χ2v) is 3.78. The van der Waals surface area contributed by atoms with Crippen LogP contribution in [-0.4, -0.2) is 22.0 Å². The van der Waals surface area contributed by atoms with Crippen molar-refractivity contribution in [3.63, 3.8) is 0 Å². The quantitative estimate of drug-likeness (QED) is 0.877. The third-order valence-corrected chi connectivity index (χ3v) is 2.71. The summed E-state index contributed by atoms with van der Waals surface area (Å²) in [6, 6.07) is 5.65. The van der Waals surface area contributed by atoms with E-state index >= 15 is 0 Å². The predicted octanol–water partition coefficient (Wildman–Crippen LogP) is 2.07. The van der Waals surface area contributed by atoms with E-state index in [1.807, 2.05) is 42.2 Å².